The van der Waals surface area contributed by atoms with Crippen LogP contribution in [0.5, 0.6) is 5.75 Å². The molecule has 1 aliphatic carbocycles. The Morgan fingerprint density at radius 2 is 1.85 bits per heavy atom. The second kappa shape index (κ2) is 6.60. The summed E-state index contributed by atoms with van der Waals surface area (Å²) in [6.07, 6.45) is 0.777. The number of methoxy groups -OCH3 is 1. The lowest BCUT2D eigenvalue weighted by Gasteiger charge is -2.39. The minimum Gasteiger partial charge on any atom is -0.497 e. The maximum absolute atomic E-state index is 13.2. The highest BCUT2D eigenvalue weighted by atomic mass is 127. The summed E-state index contributed by atoms with van der Waals surface area (Å²) in [6, 6.07) is 13.3. The minimum absolute atomic E-state index is 0.114. The Kier molecular flexibility index (Phi) is 4.63. The van der Waals surface area contributed by atoms with Crippen molar-refractivity contribution in [1.82, 2.24) is 4.31 Å². The lowest BCUT2D eigenvalue weighted by molar-refractivity contribution is 0.324. The molecule has 0 spiro atoms. The maximum Gasteiger partial charge on any atom is 0.243 e. The standard InChI is InChI=1S/C21H22INO3S/c1-14-4-7-16(8-5-14)27(24,25)23-11-10-21(2)18-9-6-15(26-3)12-17(18)20(22)19(21)13-23/h4-9,12H,10-11,13H2,1-3H3. The molecule has 1 fully saturated rings. The Bertz CT molecular complexity index is 1040. The molecule has 1 atom stereocenters. The molecule has 1 unspecified atom stereocenters. The van der Waals surface area contributed by atoms with Gasteiger partial charge in [-0.1, -0.05) is 30.7 Å². The zero-order valence-electron chi connectivity index (χ0n) is 15.6. The molecule has 0 bridgehead atoms. The summed E-state index contributed by atoms with van der Waals surface area (Å²) in [5, 5.41) is 0. The highest BCUT2D eigenvalue weighted by Gasteiger charge is 2.46. The van der Waals surface area contributed by atoms with Crippen molar-refractivity contribution in [1.29, 1.82) is 0 Å². The summed E-state index contributed by atoms with van der Waals surface area (Å²) in [5.41, 5.74) is 4.57. The summed E-state index contributed by atoms with van der Waals surface area (Å²) >= 11 is 2.36. The van der Waals surface area contributed by atoms with Crippen molar-refractivity contribution in [3.8, 4) is 5.75 Å². The number of ether oxygens (including phenoxy) is 1. The number of halogens is 1. The fourth-order valence-corrected chi connectivity index (χ4v) is 6.70. The van der Waals surface area contributed by atoms with E-state index in [4.69, 9.17) is 4.74 Å². The third-order valence-corrected chi connectivity index (χ3v) is 8.93. The van der Waals surface area contributed by atoms with E-state index in [0.29, 0.717) is 18.0 Å². The monoisotopic (exact) mass is 495 g/mol. The van der Waals surface area contributed by atoms with Crippen LogP contribution in [-0.4, -0.2) is 32.9 Å². The van der Waals surface area contributed by atoms with Crippen molar-refractivity contribution in [2.75, 3.05) is 20.2 Å². The first-order valence-electron chi connectivity index (χ1n) is 8.92. The minimum atomic E-state index is -3.50. The van der Waals surface area contributed by atoms with Crippen molar-refractivity contribution < 1.29 is 13.2 Å². The van der Waals surface area contributed by atoms with Gasteiger partial charge >= 0.3 is 0 Å². The Labute approximate surface area is 174 Å². The average molecular weight is 495 g/mol. The van der Waals surface area contributed by atoms with E-state index in [9.17, 15) is 8.42 Å². The molecule has 0 amide bonds. The summed E-state index contributed by atoms with van der Waals surface area (Å²) < 4.78 is 34.5. The summed E-state index contributed by atoms with van der Waals surface area (Å²) in [5.74, 6) is 0.829. The van der Waals surface area contributed by atoms with E-state index in [2.05, 4.69) is 41.6 Å². The highest BCUT2D eigenvalue weighted by Crippen LogP contribution is 2.53. The van der Waals surface area contributed by atoms with Gasteiger partial charge in [0.25, 0.3) is 0 Å². The van der Waals surface area contributed by atoms with E-state index >= 15 is 0 Å². The molecule has 1 aliphatic heterocycles. The van der Waals surface area contributed by atoms with Gasteiger partial charge in [0, 0.05) is 22.1 Å². The predicted molar refractivity (Wildman–Crippen MR) is 116 cm³/mol. The molecule has 2 aliphatic rings. The predicted octanol–water partition coefficient (Wildman–Crippen LogP) is 4.52. The number of aryl methyl sites for hydroxylation is 1. The van der Waals surface area contributed by atoms with Crippen LogP contribution in [0.3, 0.4) is 0 Å². The van der Waals surface area contributed by atoms with Gasteiger partial charge in [-0.05, 0) is 76.9 Å². The van der Waals surface area contributed by atoms with Crippen LogP contribution in [-0.2, 0) is 15.4 Å². The number of rotatable bonds is 3. The third kappa shape index (κ3) is 2.93. The normalized spacial score (nSPS) is 22.5. The van der Waals surface area contributed by atoms with Crippen LogP contribution in [0.15, 0.2) is 52.9 Å². The van der Waals surface area contributed by atoms with Gasteiger partial charge in [-0.15, -0.1) is 0 Å². The maximum atomic E-state index is 13.2. The van der Waals surface area contributed by atoms with Crippen molar-refractivity contribution >= 4 is 36.2 Å². The first-order valence-corrected chi connectivity index (χ1v) is 11.4. The van der Waals surface area contributed by atoms with Crippen LogP contribution < -0.4 is 4.74 Å². The summed E-state index contributed by atoms with van der Waals surface area (Å²) in [7, 11) is -1.83. The number of hydrogen-bond donors (Lipinski definition) is 0. The number of benzene rings is 2. The van der Waals surface area contributed by atoms with E-state index in [1.165, 1.54) is 16.7 Å². The van der Waals surface area contributed by atoms with Crippen molar-refractivity contribution in [3.63, 3.8) is 0 Å². The second-order valence-electron chi connectivity index (χ2n) is 7.44. The number of nitrogens with zero attached hydrogens (tertiary/aromatic N) is 1. The van der Waals surface area contributed by atoms with E-state index in [-0.39, 0.29) is 5.41 Å². The zero-order valence-corrected chi connectivity index (χ0v) is 18.6. The van der Waals surface area contributed by atoms with Crippen LogP contribution in [0.1, 0.15) is 30.0 Å². The molecule has 2 aromatic carbocycles. The lowest BCUT2D eigenvalue weighted by Crippen LogP contribution is -2.44. The van der Waals surface area contributed by atoms with E-state index in [0.717, 1.165) is 21.3 Å². The number of piperidine rings is 1. The Morgan fingerprint density at radius 3 is 2.52 bits per heavy atom. The van der Waals surface area contributed by atoms with E-state index in [1.54, 1.807) is 23.5 Å². The number of fused-ring (bicyclic) bond motifs is 3. The van der Waals surface area contributed by atoms with Gasteiger partial charge in [0.1, 0.15) is 5.75 Å². The fourth-order valence-electron chi connectivity index (χ4n) is 4.08. The molecular formula is C21H22INO3S. The fraction of sp³-hybridized carbons (Fsp3) is 0.333. The quantitative estimate of drug-likeness (QED) is 0.589. The largest absolute Gasteiger partial charge is 0.497 e. The van der Waals surface area contributed by atoms with Crippen molar-refractivity contribution in [2.45, 2.75) is 30.6 Å². The first-order chi connectivity index (χ1) is 12.8. The molecule has 0 aromatic heterocycles. The zero-order chi connectivity index (χ0) is 19.4. The van der Waals surface area contributed by atoms with Crippen molar-refractivity contribution in [2.24, 2.45) is 0 Å². The Balaban J connectivity index is 1.72. The molecule has 0 radical (unpaired) electrons. The first kappa shape index (κ1) is 19.0. The smallest absolute Gasteiger partial charge is 0.243 e. The van der Waals surface area contributed by atoms with Gasteiger partial charge in [-0.3, -0.25) is 0 Å². The van der Waals surface area contributed by atoms with Gasteiger partial charge in [0.15, 0.2) is 0 Å². The molecular weight excluding hydrogens is 473 g/mol. The number of hydrogen-bond acceptors (Lipinski definition) is 3. The van der Waals surface area contributed by atoms with Gasteiger partial charge in [-0.25, -0.2) is 8.42 Å². The highest BCUT2D eigenvalue weighted by molar-refractivity contribution is 14.1. The Morgan fingerprint density at radius 1 is 1.15 bits per heavy atom. The topological polar surface area (TPSA) is 46.6 Å². The molecule has 4 nitrogen and oxygen atoms in total. The van der Waals surface area contributed by atoms with E-state index < -0.39 is 10.0 Å². The van der Waals surface area contributed by atoms with Crippen LogP contribution in [0.25, 0.3) is 3.58 Å². The van der Waals surface area contributed by atoms with Crippen molar-refractivity contribution in [3.05, 3.63) is 64.7 Å². The number of sulfonamides is 1. The Hall–Kier alpha value is -1.38. The molecule has 0 saturated carbocycles. The molecule has 2 aromatic rings. The molecule has 142 valence electrons. The van der Waals surface area contributed by atoms with E-state index in [1.807, 2.05) is 25.1 Å². The van der Waals surface area contributed by atoms with Crippen LogP contribution in [0.2, 0.25) is 0 Å². The summed E-state index contributed by atoms with van der Waals surface area (Å²) in [4.78, 5) is 0.365. The SMILES string of the molecule is COc1ccc2c(c1)C(I)=C1CN(S(=O)(=O)c3ccc(C)cc3)CCC12C. The second-order valence-corrected chi connectivity index (χ2v) is 10.5. The molecule has 6 heteroatoms. The van der Waals surface area contributed by atoms with Gasteiger partial charge in [0.2, 0.25) is 10.0 Å². The molecule has 1 heterocycles. The average Bonchev–Trinajstić information content (AvgIpc) is 2.88. The third-order valence-electron chi connectivity index (χ3n) is 5.84. The molecule has 27 heavy (non-hydrogen) atoms. The van der Waals surface area contributed by atoms with Crippen LogP contribution in [0.4, 0.5) is 0 Å². The molecule has 4 rings (SSSR count). The van der Waals surface area contributed by atoms with Crippen LogP contribution in [0, 0.1) is 6.92 Å². The summed E-state index contributed by atoms with van der Waals surface area (Å²) in [6.45, 7) is 5.14. The van der Waals surface area contributed by atoms with Crippen LogP contribution >= 0.6 is 22.6 Å². The molecule has 0 N–H and O–H groups in total. The van der Waals surface area contributed by atoms with Gasteiger partial charge < -0.3 is 4.74 Å². The van der Waals surface area contributed by atoms with Gasteiger partial charge in [-0.2, -0.15) is 4.31 Å². The molecule has 1 saturated heterocycles. The van der Waals surface area contributed by atoms with Gasteiger partial charge in [0.05, 0.1) is 12.0 Å². The lowest BCUT2D eigenvalue weighted by atomic mass is 9.74.